The maximum Gasteiger partial charge on any atom is 0.335 e. The van der Waals surface area contributed by atoms with Crippen molar-refractivity contribution < 1.29 is 9.90 Å². The van der Waals surface area contributed by atoms with Crippen molar-refractivity contribution >= 4 is 23.5 Å². The van der Waals surface area contributed by atoms with Crippen LogP contribution in [0.2, 0.25) is 0 Å². The number of rotatable bonds is 4. The van der Waals surface area contributed by atoms with E-state index in [9.17, 15) is 9.59 Å². The highest BCUT2D eigenvalue weighted by Crippen LogP contribution is 2.24. The fourth-order valence-corrected chi connectivity index (χ4v) is 2.37. The van der Waals surface area contributed by atoms with Gasteiger partial charge in [0.1, 0.15) is 10.8 Å². The first kappa shape index (κ1) is 14.1. The van der Waals surface area contributed by atoms with Gasteiger partial charge in [-0.05, 0) is 30.3 Å². The summed E-state index contributed by atoms with van der Waals surface area (Å²) in [6.07, 6.45) is 0.607. The molecule has 0 aliphatic heterocycles. The van der Waals surface area contributed by atoms with Crippen molar-refractivity contribution in [1.82, 2.24) is 15.0 Å². The average molecular weight is 292 g/mol. The molecular formula is C12H12N4O3S. The molecule has 2 aromatic heterocycles. The third-order valence-corrected chi connectivity index (χ3v) is 3.21. The molecule has 0 aromatic carbocycles. The summed E-state index contributed by atoms with van der Waals surface area (Å²) in [4.78, 5) is 33.1. The zero-order valence-electron chi connectivity index (χ0n) is 10.6. The number of pyridine rings is 1. The summed E-state index contributed by atoms with van der Waals surface area (Å²) < 4.78 is 0. The standard InChI is InChI=1S/C12H12N4O3S/c1-2-7-3-6(11(18)19)4-10(14-7)20-12-15-8(13)5-9(17)16-12/h3-5H,2H2,1H3,(H,18,19)(H3,13,15,16,17). The second-order valence-corrected chi connectivity index (χ2v) is 4.93. The van der Waals surface area contributed by atoms with Crippen LogP contribution in [-0.4, -0.2) is 26.0 Å². The van der Waals surface area contributed by atoms with E-state index in [1.165, 1.54) is 18.2 Å². The van der Waals surface area contributed by atoms with Gasteiger partial charge in [-0.25, -0.2) is 14.8 Å². The molecule has 0 saturated heterocycles. The van der Waals surface area contributed by atoms with Gasteiger partial charge < -0.3 is 15.8 Å². The lowest BCUT2D eigenvalue weighted by molar-refractivity contribution is 0.0696. The van der Waals surface area contributed by atoms with E-state index in [2.05, 4.69) is 15.0 Å². The van der Waals surface area contributed by atoms with Crippen molar-refractivity contribution in [2.24, 2.45) is 0 Å². The van der Waals surface area contributed by atoms with E-state index in [4.69, 9.17) is 10.8 Å². The number of anilines is 1. The Bertz CT molecular complexity index is 714. The molecule has 104 valence electrons. The summed E-state index contributed by atoms with van der Waals surface area (Å²) in [5.41, 5.74) is 5.91. The molecular weight excluding hydrogens is 280 g/mol. The highest BCUT2D eigenvalue weighted by atomic mass is 32.2. The lowest BCUT2D eigenvalue weighted by Gasteiger charge is -2.05. The van der Waals surface area contributed by atoms with Gasteiger partial charge in [0.15, 0.2) is 5.16 Å². The van der Waals surface area contributed by atoms with Gasteiger partial charge in [-0.1, -0.05) is 6.92 Å². The number of nitrogens with one attached hydrogen (secondary N) is 1. The van der Waals surface area contributed by atoms with Crippen LogP contribution in [0.25, 0.3) is 0 Å². The molecule has 2 heterocycles. The van der Waals surface area contributed by atoms with Gasteiger partial charge in [0, 0.05) is 11.8 Å². The number of H-pyrrole nitrogens is 1. The summed E-state index contributed by atoms with van der Waals surface area (Å²) in [5, 5.41) is 9.76. The smallest absolute Gasteiger partial charge is 0.335 e. The molecule has 2 rings (SSSR count). The van der Waals surface area contributed by atoms with E-state index in [-0.39, 0.29) is 22.1 Å². The normalized spacial score (nSPS) is 10.4. The molecule has 8 heteroatoms. The van der Waals surface area contributed by atoms with Gasteiger partial charge in [-0.3, -0.25) is 4.79 Å². The Balaban J connectivity index is 2.39. The minimum absolute atomic E-state index is 0.0985. The predicted molar refractivity (Wildman–Crippen MR) is 74.0 cm³/mol. The van der Waals surface area contributed by atoms with E-state index in [1.807, 2.05) is 6.92 Å². The predicted octanol–water partition coefficient (Wildman–Crippen LogP) is 1.16. The Kier molecular flexibility index (Phi) is 4.04. The molecule has 0 fully saturated rings. The molecule has 0 atom stereocenters. The number of carbonyl (C=O) groups is 1. The highest BCUT2D eigenvalue weighted by molar-refractivity contribution is 7.99. The van der Waals surface area contributed by atoms with Crippen LogP contribution in [0.1, 0.15) is 23.0 Å². The van der Waals surface area contributed by atoms with Crippen LogP contribution in [0.4, 0.5) is 5.82 Å². The van der Waals surface area contributed by atoms with Crippen LogP contribution in [0.15, 0.2) is 33.2 Å². The van der Waals surface area contributed by atoms with Crippen molar-refractivity contribution in [3.8, 4) is 0 Å². The number of nitrogens with zero attached hydrogens (tertiary/aromatic N) is 2. The van der Waals surface area contributed by atoms with Crippen molar-refractivity contribution in [2.45, 2.75) is 23.5 Å². The third kappa shape index (κ3) is 3.35. The summed E-state index contributed by atoms with van der Waals surface area (Å²) >= 11 is 1.06. The molecule has 0 spiro atoms. The Labute approximate surface area is 118 Å². The Morgan fingerprint density at radius 3 is 2.75 bits per heavy atom. The van der Waals surface area contributed by atoms with Crippen LogP contribution in [0.3, 0.4) is 0 Å². The first-order chi connectivity index (χ1) is 9.47. The maximum absolute atomic E-state index is 11.3. The first-order valence-corrected chi connectivity index (χ1v) is 6.58. The van der Waals surface area contributed by atoms with Gasteiger partial charge in [0.25, 0.3) is 5.56 Å². The number of carboxylic acid groups (broad SMARTS) is 1. The third-order valence-electron chi connectivity index (χ3n) is 2.41. The van der Waals surface area contributed by atoms with Gasteiger partial charge in [0.2, 0.25) is 0 Å². The minimum Gasteiger partial charge on any atom is -0.478 e. The number of hydrogen-bond acceptors (Lipinski definition) is 6. The van der Waals surface area contributed by atoms with Crippen LogP contribution >= 0.6 is 11.8 Å². The molecule has 0 amide bonds. The van der Waals surface area contributed by atoms with Crippen LogP contribution in [-0.2, 0) is 6.42 Å². The number of nitrogen functional groups attached to an aromatic ring is 1. The van der Waals surface area contributed by atoms with Crippen molar-refractivity contribution in [1.29, 1.82) is 0 Å². The number of aromatic amines is 1. The molecule has 0 radical (unpaired) electrons. The monoisotopic (exact) mass is 292 g/mol. The van der Waals surface area contributed by atoms with Crippen molar-refractivity contribution in [2.75, 3.05) is 5.73 Å². The molecule has 0 aliphatic rings. The fraction of sp³-hybridized carbons (Fsp3) is 0.167. The topological polar surface area (TPSA) is 122 Å². The number of aromatic nitrogens is 3. The van der Waals surface area contributed by atoms with E-state index in [1.54, 1.807) is 0 Å². The largest absolute Gasteiger partial charge is 0.478 e. The zero-order chi connectivity index (χ0) is 14.7. The number of carboxylic acids is 1. The SMILES string of the molecule is CCc1cc(C(=O)O)cc(Sc2nc(N)cc(=O)[nH]2)n1. The van der Waals surface area contributed by atoms with Crippen LogP contribution in [0.5, 0.6) is 0 Å². The Morgan fingerprint density at radius 2 is 2.15 bits per heavy atom. The van der Waals surface area contributed by atoms with Crippen LogP contribution < -0.4 is 11.3 Å². The molecule has 0 bridgehead atoms. The average Bonchev–Trinajstić information content (AvgIpc) is 2.36. The molecule has 0 saturated carbocycles. The summed E-state index contributed by atoms with van der Waals surface area (Å²) in [7, 11) is 0. The molecule has 20 heavy (non-hydrogen) atoms. The summed E-state index contributed by atoms with van der Waals surface area (Å²) in [6.45, 7) is 1.88. The molecule has 0 aliphatic carbocycles. The number of nitrogens with two attached hydrogens (primary N) is 1. The lowest BCUT2D eigenvalue weighted by atomic mass is 10.2. The van der Waals surface area contributed by atoms with Gasteiger partial charge in [0.05, 0.1) is 5.56 Å². The molecule has 2 aromatic rings. The number of hydrogen-bond donors (Lipinski definition) is 3. The van der Waals surface area contributed by atoms with E-state index < -0.39 is 5.97 Å². The minimum atomic E-state index is -1.03. The maximum atomic E-state index is 11.3. The quantitative estimate of drug-likeness (QED) is 0.722. The molecule has 4 N–H and O–H groups in total. The Hall–Kier alpha value is -2.35. The van der Waals surface area contributed by atoms with Crippen molar-refractivity contribution in [3.63, 3.8) is 0 Å². The number of aromatic carboxylic acids is 1. The fourth-order valence-electron chi connectivity index (χ4n) is 1.52. The van der Waals surface area contributed by atoms with Gasteiger partial charge >= 0.3 is 5.97 Å². The van der Waals surface area contributed by atoms with E-state index in [0.717, 1.165) is 11.8 Å². The van der Waals surface area contributed by atoms with E-state index >= 15 is 0 Å². The molecule has 7 nitrogen and oxygen atoms in total. The second-order valence-electron chi connectivity index (χ2n) is 3.92. The van der Waals surface area contributed by atoms with Crippen molar-refractivity contribution in [3.05, 3.63) is 39.8 Å². The Morgan fingerprint density at radius 1 is 1.40 bits per heavy atom. The van der Waals surface area contributed by atoms with E-state index in [0.29, 0.717) is 17.1 Å². The van der Waals surface area contributed by atoms with Gasteiger partial charge in [-0.2, -0.15) is 0 Å². The zero-order valence-corrected chi connectivity index (χ0v) is 11.4. The lowest BCUT2D eigenvalue weighted by Crippen LogP contribution is -2.09. The first-order valence-electron chi connectivity index (χ1n) is 5.77. The number of aryl methyl sites for hydroxylation is 1. The van der Waals surface area contributed by atoms with Crippen LogP contribution in [0, 0.1) is 0 Å². The van der Waals surface area contributed by atoms with Gasteiger partial charge in [-0.15, -0.1) is 0 Å². The summed E-state index contributed by atoms with van der Waals surface area (Å²) in [6, 6.07) is 4.11. The molecule has 0 unspecified atom stereocenters. The summed E-state index contributed by atoms with van der Waals surface area (Å²) in [5.74, 6) is -0.931. The second kappa shape index (κ2) is 5.74. The highest BCUT2D eigenvalue weighted by Gasteiger charge is 2.10.